The van der Waals surface area contributed by atoms with E-state index in [9.17, 15) is 0 Å². The highest BCUT2D eigenvalue weighted by Crippen LogP contribution is 2.38. The van der Waals surface area contributed by atoms with E-state index in [2.05, 4.69) is 63.5 Å². The van der Waals surface area contributed by atoms with Gasteiger partial charge in [0.1, 0.15) is 5.50 Å². The largest absolute Gasteiger partial charge is 0.493 e. The van der Waals surface area contributed by atoms with Crippen LogP contribution in [0.15, 0.2) is 48.5 Å². The van der Waals surface area contributed by atoms with Gasteiger partial charge in [0.2, 0.25) is 0 Å². The maximum atomic E-state index is 5.45. The lowest BCUT2D eigenvalue weighted by molar-refractivity contribution is 0.354. The van der Waals surface area contributed by atoms with Gasteiger partial charge in [-0.25, -0.2) is 10.9 Å². The van der Waals surface area contributed by atoms with Gasteiger partial charge >= 0.3 is 0 Å². The van der Waals surface area contributed by atoms with Crippen molar-refractivity contribution in [2.24, 2.45) is 0 Å². The molecule has 3 unspecified atom stereocenters. The normalized spacial score (nSPS) is 24.5. The van der Waals surface area contributed by atoms with Crippen LogP contribution in [0.25, 0.3) is 0 Å². The zero-order valence-corrected chi connectivity index (χ0v) is 17.7. The zero-order valence-electron chi connectivity index (χ0n) is 16.1. The van der Waals surface area contributed by atoms with E-state index in [-0.39, 0.29) is 10.9 Å². The van der Waals surface area contributed by atoms with Crippen LogP contribution >= 0.6 is 23.5 Å². The second kappa shape index (κ2) is 9.28. The second-order valence-corrected chi connectivity index (χ2v) is 8.91. The number of rotatable bonds is 7. The fraction of sp³-hybridized carbons (Fsp3) is 0.400. The lowest BCUT2D eigenvalue weighted by Gasteiger charge is -2.25. The van der Waals surface area contributed by atoms with Gasteiger partial charge in [0, 0.05) is 23.2 Å². The number of anilines is 1. The molecule has 0 saturated carbocycles. The van der Waals surface area contributed by atoms with Crippen molar-refractivity contribution in [3.05, 3.63) is 54.1 Å². The number of para-hydroxylation sites is 1. The SMILES string of the molecule is COc1ccc(C2NC(CSC3NNCN3c3ccccc3)CS2)cc1OC. The Morgan fingerprint density at radius 2 is 1.93 bits per heavy atom. The molecule has 3 atom stereocenters. The van der Waals surface area contributed by atoms with Crippen LogP contribution in [0.4, 0.5) is 5.69 Å². The fourth-order valence-electron chi connectivity index (χ4n) is 3.39. The summed E-state index contributed by atoms with van der Waals surface area (Å²) in [4.78, 5) is 2.35. The summed E-state index contributed by atoms with van der Waals surface area (Å²) in [6.45, 7) is 0.808. The van der Waals surface area contributed by atoms with Gasteiger partial charge in [-0.1, -0.05) is 24.3 Å². The van der Waals surface area contributed by atoms with E-state index in [4.69, 9.17) is 9.47 Å². The summed E-state index contributed by atoms with van der Waals surface area (Å²) < 4.78 is 10.8. The first kappa shape index (κ1) is 19.7. The Kier molecular flexibility index (Phi) is 6.54. The molecule has 0 aromatic heterocycles. The molecule has 3 N–H and O–H groups in total. The summed E-state index contributed by atoms with van der Waals surface area (Å²) in [5, 5.41) is 4.04. The third-order valence-electron chi connectivity index (χ3n) is 4.86. The first-order chi connectivity index (χ1) is 13.8. The van der Waals surface area contributed by atoms with Crippen molar-refractivity contribution < 1.29 is 9.47 Å². The molecule has 2 aromatic rings. The van der Waals surface area contributed by atoms with Crippen LogP contribution in [0.2, 0.25) is 0 Å². The summed E-state index contributed by atoms with van der Waals surface area (Å²) in [7, 11) is 3.34. The Labute approximate surface area is 174 Å². The molecule has 0 bridgehead atoms. The van der Waals surface area contributed by atoms with E-state index < -0.39 is 0 Å². The molecule has 2 aliphatic rings. The van der Waals surface area contributed by atoms with Gasteiger partial charge in [0.15, 0.2) is 11.5 Å². The molecule has 2 saturated heterocycles. The maximum Gasteiger partial charge on any atom is 0.161 e. The lowest BCUT2D eigenvalue weighted by atomic mass is 10.2. The maximum absolute atomic E-state index is 5.45. The van der Waals surface area contributed by atoms with Gasteiger partial charge in [-0.05, 0) is 29.8 Å². The third kappa shape index (κ3) is 4.36. The Morgan fingerprint density at radius 1 is 1.11 bits per heavy atom. The van der Waals surface area contributed by atoms with Gasteiger partial charge in [0.05, 0.1) is 26.3 Å². The average molecular weight is 419 g/mol. The van der Waals surface area contributed by atoms with Crippen molar-refractivity contribution in [3.63, 3.8) is 0 Å². The number of nitrogens with zero attached hydrogens (tertiary/aromatic N) is 1. The summed E-state index contributed by atoms with van der Waals surface area (Å²) in [6.07, 6.45) is 0. The van der Waals surface area contributed by atoms with Crippen LogP contribution < -0.4 is 30.5 Å². The number of hydrogen-bond donors (Lipinski definition) is 3. The highest BCUT2D eigenvalue weighted by atomic mass is 32.2. The molecule has 0 aliphatic carbocycles. The molecule has 2 aliphatic heterocycles. The first-order valence-electron chi connectivity index (χ1n) is 9.30. The summed E-state index contributed by atoms with van der Waals surface area (Å²) in [5.41, 5.74) is 9.32. The zero-order chi connectivity index (χ0) is 19.3. The average Bonchev–Trinajstić information content (AvgIpc) is 3.42. The number of thioether (sulfide) groups is 2. The monoisotopic (exact) mass is 418 g/mol. The summed E-state index contributed by atoms with van der Waals surface area (Å²) >= 11 is 3.87. The molecular weight excluding hydrogens is 392 g/mol. The van der Waals surface area contributed by atoms with Crippen LogP contribution in [0.3, 0.4) is 0 Å². The van der Waals surface area contributed by atoms with Crippen LogP contribution in [-0.2, 0) is 0 Å². The first-order valence-corrected chi connectivity index (χ1v) is 11.4. The topological polar surface area (TPSA) is 57.8 Å². The van der Waals surface area contributed by atoms with Crippen molar-refractivity contribution in [1.29, 1.82) is 0 Å². The van der Waals surface area contributed by atoms with Crippen molar-refractivity contribution in [2.75, 3.05) is 37.3 Å². The molecule has 2 fully saturated rings. The minimum Gasteiger partial charge on any atom is -0.493 e. The van der Waals surface area contributed by atoms with E-state index in [0.29, 0.717) is 6.04 Å². The van der Waals surface area contributed by atoms with E-state index in [1.807, 2.05) is 29.6 Å². The molecule has 2 heterocycles. The van der Waals surface area contributed by atoms with E-state index >= 15 is 0 Å². The second-order valence-electron chi connectivity index (χ2n) is 6.66. The molecule has 2 aromatic carbocycles. The molecule has 4 rings (SSSR count). The Bertz CT molecular complexity index is 780. The molecule has 0 spiro atoms. The Hall–Kier alpha value is -1.58. The number of ether oxygens (including phenoxy) is 2. The Balaban J connectivity index is 1.33. The van der Waals surface area contributed by atoms with Gasteiger partial charge in [-0.15, -0.1) is 23.5 Å². The summed E-state index contributed by atoms with van der Waals surface area (Å²) in [5.74, 6) is 3.68. The number of hydrazine groups is 1. The van der Waals surface area contributed by atoms with Gasteiger partial charge < -0.3 is 14.4 Å². The standard InChI is InChI=1S/C20H26N4O2S2/c1-25-17-9-8-14(10-18(17)26-2)19-22-15(11-27-19)12-28-20-23-21-13-24(20)16-6-4-3-5-7-16/h3-10,15,19-23H,11-13H2,1-2H3. The predicted molar refractivity (Wildman–Crippen MR) is 118 cm³/mol. The van der Waals surface area contributed by atoms with Crippen molar-refractivity contribution >= 4 is 29.2 Å². The van der Waals surface area contributed by atoms with Crippen LogP contribution in [-0.4, -0.2) is 43.9 Å². The van der Waals surface area contributed by atoms with Gasteiger partial charge in [-0.2, -0.15) is 0 Å². The molecular formula is C20H26N4O2S2. The Morgan fingerprint density at radius 3 is 2.71 bits per heavy atom. The number of benzene rings is 2. The third-order valence-corrected chi connectivity index (χ3v) is 7.48. The molecule has 150 valence electrons. The van der Waals surface area contributed by atoms with Crippen LogP contribution in [0.1, 0.15) is 10.9 Å². The molecule has 0 radical (unpaired) electrons. The van der Waals surface area contributed by atoms with Crippen LogP contribution in [0, 0.1) is 0 Å². The van der Waals surface area contributed by atoms with E-state index in [1.54, 1.807) is 14.2 Å². The molecule has 28 heavy (non-hydrogen) atoms. The highest BCUT2D eigenvalue weighted by molar-refractivity contribution is 8.00. The molecule has 0 amide bonds. The number of methoxy groups -OCH3 is 2. The van der Waals surface area contributed by atoms with E-state index in [1.165, 1.54) is 11.3 Å². The number of hydrogen-bond acceptors (Lipinski definition) is 8. The predicted octanol–water partition coefficient (Wildman–Crippen LogP) is 3.00. The van der Waals surface area contributed by atoms with Crippen molar-refractivity contribution in [3.8, 4) is 11.5 Å². The smallest absolute Gasteiger partial charge is 0.161 e. The quantitative estimate of drug-likeness (QED) is 0.635. The van der Waals surface area contributed by atoms with Crippen molar-refractivity contribution in [2.45, 2.75) is 16.9 Å². The van der Waals surface area contributed by atoms with E-state index in [0.717, 1.165) is 29.7 Å². The highest BCUT2D eigenvalue weighted by Gasteiger charge is 2.29. The minimum atomic E-state index is 0.231. The lowest BCUT2D eigenvalue weighted by Crippen LogP contribution is -2.37. The van der Waals surface area contributed by atoms with Crippen molar-refractivity contribution in [1.82, 2.24) is 16.2 Å². The van der Waals surface area contributed by atoms with Gasteiger partial charge in [-0.3, -0.25) is 5.32 Å². The number of nitrogens with one attached hydrogen (secondary N) is 3. The molecule has 6 nitrogen and oxygen atoms in total. The molecule has 8 heteroatoms. The minimum absolute atomic E-state index is 0.231. The van der Waals surface area contributed by atoms with Crippen LogP contribution in [0.5, 0.6) is 11.5 Å². The fourth-order valence-corrected chi connectivity index (χ4v) is 5.98. The van der Waals surface area contributed by atoms with Gasteiger partial charge in [0.25, 0.3) is 0 Å². The summed E-state index contributed by atoms with van der Waals surface area (Å²) in [6, 6.07) is 17.1.